The monoisotopic (exact) mass is 486 g/mol. The topological polar surface area (TPSA) is 64.4 Å². The Morgan fingerprint density at radius 3 is 2.66 bits per heavy atom. The van der Waals surface area contributed by atoms with Gasteiger partial charge in [-0.15, -0.1) is 0 Å². The van der Waals surface area contributed by atoms with Gasteiger partial charge in [0.2, 0.25) is 5.91 Å². The summed E-state index contributed by atoms with van der Waals surface area (Å²) in [5.41, 5.74) is 6.65. The number of aromatic nitrogens is 1. The highest BCUT2D eigenvalue weighted by Crippen LogP contribution is 2.40. The number of anilines is 1. The van der Waals surface area contributed by atoms with Crippen molar-refractivity contribution in [2.75, 3.05) is 12.4 Å². The lowest BCUT2D eigenvalue weighted by Crippen LogP contribution is -2.08. The maximum Gasteiger partial charge on any atom is 0.250 e. The van der Waals surface area contributed by atoms with Gasteiger partial charge in [0, 0.05) is 28.2 Å². The van der Waals surface area contributed by atoms with E-state index in [-0.39, 0.29) is 11.7 Å². The molecule has 1 amide bonds. The van der Waals surface area contributed by atoms with Crippen LogP contribution in [0.3, 0.4) is 0 Å². The Balaban J connectivity index is 1.52. The maximum absolute atomic E-state index is 13.4. The highest BCUT2D eigenvalue weighted by Gasteiger charge is 2.19. The maximum atomic E-state index is 13.4. The number of para-hydroxylation sites is 1. The van der Waals surface area contributed by atoms with Gasteiger partial charge in [0.05, 0.1) is 23.6 Å². The van der Waals surface area contributed by atoms with Crippen LogP contribution in [0.2, 0.25) is 0 Å². The minimum absolute atomic E-state index is 0.273. The number of carbonyl (C=O) groups excluding carboxylic acids is 1. The number of nitrogens with one attached hydrogen (secondary N) is 1. The number of furan rings is 1. The molecule has 0 saturated carbocycles. The van der Waals surface area contributed by atoms with Gasteiger partial charge in [0.25, 0.3) is 0 Å². The zero-order valence-electron chi connectivity index (χ0n) is 19.7. The molecule has 2 heterocycles. The van der Waals surface area contributed by atoms with Crippen molar-refractivity contribution < 1.29 is 18.3 Å². The predicted octanol–water partition coefficient (Wildman–Crippen LogP) is 7.52. The van der Waals surface area contributed by atoms with E-state index in [4.69, 9.17) is 9.15 Å². The molecule has 7 heteroatoms. The van der Waals surface area contributed by atoms with E-state index < -0.39 is 0 Å². The quantitative estimate of drug-likeness (QED) is 0.261. The molecular formula is C28H23FN2O3S. The lowest BCUT2D eigenvalue weighted by Gasteiger charge is -2.13. The van der Waals surface area contributed by atoms with Crippen LogP contribution < -0.4 is 10.1 Å². The third kappa shape index (κ3) is 4.19. The highest BCUT2D eigenvalue weighted by molar-refractivity contribution is 7.22. The van der Waals surface area contributed by atoms with Crippen molar-refractivity contribution in [2.24, 2.45) is 0 Å². The molecule has 5 nitrogen and oxygen atoms in total. The second-order valence-corrected chi connectivity index (χ2v) is 9.40. The van der Waals surface area contributed by atoms with Crippen LogP contribution in [0.5, 0.6) is 5.75 Å². The summed E-state index contributed by atoms with van der Waals surface area (Å²) in [5, 5.41) is 4.30. The van der Waals surface area contributed by atoms with Gasteiger partial charge in [-0.25, -0.2) is 9.37 Å². The third-order valence-electron chi connectivity index (χ3n) is 6.03. The van der Waals surface area contributed by atoms with E-state index in [0.29, 0.717) is 16.5 Å². The Morgan fingerprint density at radius 1 is 1.17 bits per heavy atom. The van der Waals surface area contributed by atoms with Crippen LogP contribution in [0.4, 0.5) is 9.52 Å². The predicted molar refractivity (Wildman–Crippen MR) is 140 cm³/mol. The first-order valence-electron chi connectivity index (χ1n) is 11.1. The van der Waals surface area contributed by atoms with Gasteiger partial charge in [-0.3, -0.25) is 10.1 Å². The average molecular weight is 487 g/mol. The third-order valence-corrected chi connectivity index (χ3v) is 6.96. The van der Waals surface area contributed by atoms with E-state index in [1.807, 2.05) is 45.0 Å². The normalized spacial score (nSPS) is 11.9. The Hall–Kier alpha value is -3.97. The number of hydrogen-bond acceptors (Lipinski definition) is 5. The molecule has 0 unspecified atom stereocenters. The molecule has 0 bridgehead atoms. The van der Waals surface area contributed by atoms with Gasteiger partial charge in [-0.05, 0) is 61.7 Å². The van der Waals surface area contributed by atoms with Crippen molar-refractivity contribution in [2.45, 2.75) is 20.8 Å². The molecule has 0 atom stereocenters. The molecule has 0 saturated heterocycles. The molecule has 0 radical (unpaired) electrons. The zero-order valence-corrected chi connectivity index (χ0v) is 20.5. The molecule has 1 N–H and O–H groups in total. The smallest absolute Gasteiger partial charge is 0.250 e. The highest BCUT2D eigenvalue weighted by atomic mass is 32.1. The second kappa shape index (κ2) is 9.00. The van der Waals surface area contributed by atoms with Crippen LogP contribution in [0.1, 0.15) is 23.6 Å². The fourth-order valence-electron chi connectivity index (χ4n) is 4.28. The summed E-state index contributed by atoms with van der Waals surface area (Å²) in [7, 11) is 1.60. The van der Waals surface area contributed by atoms with E-state index in [9.17, 15) is 9.18 Å². The molecule has 0 aliphatic carbocycles. The number of hydrogen-bond donors (Lipinski definition) is 1. The van der Waals surface area contributed by atoms with Crippen LogP contribution in [0.15, 0.2) is 65.3 Å². The Morgan fingerprint density at radius 2 is 1.94 bits per heavy atom. The number of nitrogens with zero attached hydrogens (tertiary/aromatic N) is 1. The summed E-state index contributed by atoms with van der Waals surface area (Å²) in [6.07, 6.45) is 3.20. The van der Waals surface area contributed by atoms with E-state index >= 15 is 0 Å². The van der Waals surface area contributed by atoms with Crippen molar-refractivity contribution in [3.8, 4) is 16.9 Å². The molecule has 5 aromatic rings. The SMILES string of the molecule is COc1c(/C(C)=C/C(=O)Nc2nc3c(C)cccc3s2)cc2c(-c3ccc(F)cc3)coc2c1C. The number of amides is 1. The number of aryl methyl sites for hydroxylation is 2. The number of fused-ring (bicyclic) bond motifs is 2. The van der Waals surface area contributed by atoms with Gasteiger partial charge in [-0.1, -0.05) is 35.6 Å². The van der Waals surface area contributed by atoms with Crippen LogP contribution in [-0.2, 0) is 4.79 Å². The van der Waals surface area contributed by atoms with Crippen molar-refractivity contribution >= 4 is 49.1 Å². The first-order chi connectivity index (χ1) is 16.9. The van der Waals surface area contributed by atoms with E-state index in [1.165, 1.54) is 23.5 Å². The fraction of sp³-hybridized carbons (Fsp3) is 0.143. The van der Waals surface area contributed by atoms with Crippen LogP contribution in [-0.4, -0.2) is 18.0 Å². The number of ether oxygens (including phenoxy) is 1. The number of carbonyl (C=O) groups is 1. The molecule has 35 heavy (non-hydrogen) atoms. The Kier molecular flexibility index (Phi) is 5.86. The number of benzene rings is 3. The number of rotatable bonds is 5. The summed E-state index contributed by atoms with van der Waals surface area (Å²) < 4.78 is 26.0. The largest absolute Gasteiger partial charge is 0.496 e. The molecular weight excluding hydrogens is 463 g/mol. The molecule has 176 valence electrons. The van der Waals surface area contributed by atoms with E-state index in [2.05, 4.69) is 10.3 Å². The molecule has 0 spiro atoms. The lowest BCUT2D eigenvalue weighted by molar-refractivity contribution is -0.111. The molecule has 2 aromatic heterocycles. The van der Waals surface area contributed by atoms with E-state index in [0.717, 1.165) is 49.0 Å². The van der Waals surface area contributed by atoms with Gasteiger partial charge in [0.15, 0.2) is 5.13 Å². The summed E-state index contributed by atoms with van der Waals surface area (Å²) in [6, 6.07) is 14.2. The summed E-state index contributed by atoms with van der Waals surface area (Å²) in [6.45, 7) is 5.78. The van der Waals surface area contributed by atoms with Crippen molar-refractivity contribution in [3.05, 3.63) is 83.4 Å². The van der Waals surface area contributed by atoms with Gasteiger partial charge >= 0.3 is 0 Å². The van der Waals surface area contributed by atoms with Crippen LogP contribution in [0.25, 0.3) is 37.9 Å². The minimum atomic E-state index is -0.298. The Labute approximate surface area is 205 Å². The second-order valence-electron chi connectivity index (χ2n) is 8.37. The van der Waals surface area contributed by atoms with Gasteiger partial charge in [0.1, 0.15) is 17.1 Å². The lowest BCUT2D eigenvalue weighted by atomic mass is 9.96. The van der Waals surface area contributed by atoms with Gasteiger partial charge < -0.3 is 9.15 Å². The summed E-state index contributed by atoms with van der Waals surface area (Å²) in [4.78, 5) is 17.4. The number of methoxy groups -OCH3 is 1. The zero-order chi connectivity index (χ0) is 24.7. The number of allylic oxidation sites excluding steroid dienone is 1. The molecule has 0 aliphatic heterocycles. The van der Waals surface area contributed by atoms with Crippen molar-refractivity contribution in [3.63, 3.8) is 0 Å². The van der Waals surface area contributed by atoms with Crippen LogP contribution >= 0.6 is 11.3 Å². The molecule has 0 fully saturated rings. The first kappa shape index (κ1) is 22.8. The molecule has 0 aliphatic rings. The van der Waals surface area contributed by atoms with Crippen LogP contribution in [0, 0.1) is 19.7 Å². The number of thiazole rings is 1. The fourth-order valence-corrected chi connectivity index (χ4v) is 5.23. The van der Waals surface area contributed by atoms with Crippen molar-refractivity contribution in [1.82, 2.24) is 4.98 Å². The number of halogens is 1. The van der Waals surface area contributed by atoms with E-state index in [1.54, 1.807) is 31.6 Å². The first-order valence-corrected chi connectivity index (χ1v) is 11.9. The van der Waals surface area contributed by atoms with Gasteiger partial charge in [-0.2, -0.15) is 0 Å². The molecule has 3 aromatic carbocycles. The van der Waals surface area contributed by atoms with Crippen molar-refractivity contribution in [1.29, 1.82) is 0 Å². The summed E-state index contributed by atoms with van der Waals surface area (Å²) >= 11 is 1.44. The Bertz CT molecular complexity index is 1610. The standard InChI is InChI=1S/C28H23FN2O3S/c1-15-6-5-7-23-25(15)31-28(35-23)30-24(32)12-16(2)20-13-21-22(18-8-10-19(29)11-9-18)14-34-27(21)17(3)26(20)33-4/h5-14H,1-4H3,(H,30,31,32)/b16-12+. The average Bonchev–Trinajstić information content (AvgIpc) is 3.44. The summed E-state index contributed by atoms with van der Waals surface area (Å²) in [5.74, 6) is 0.0628. The molecule has 5 rings (SSSR count). The minimum Gasteiger partial charge on any atom is -0.496 e.